The van der Waals surface area contributed by atoms with Crippen LogP contribution in [0.4, 0.5) is 0 Å². The second kappa shape index (κ2) is 8.26. The molecule has 0 radical (unpaired) electrons. The minimum absolute atomic E-state index is 0.730. The van der Waals surface area contributed by atoms with E-state index in [2.05, 4.69) is 24.1 Å². The van der Waals surface area contributed by atoms with Crippen molar-refractivity contribution in [2.45, 2.75) is 71.3 Å². The molecule has 112 valence electrons. The zero-order valence-electron chi connectivity index (χ0n) is 13.2. The Bertz CT molecular complexity index is 233. The van der Waals surface area contributed by atoms with Gasteiger partial charge in [0.05, 0.1) is 0 Å². The molecule has 0 aromatic carbocycles. The quantitative estimate of drug-likeness (QED) is 0.817. The fourth-order valence-corrected chi connectivity index (χ4v) is 3.85. The lowest BCUT2D eigenvalue weighted by molar-refractivity contribution is 0.221. The summed E-state index contributed by atoms with van der Waals surface area (Å²) in [7, 11) is 0. The van der Waals surface area contributed by atoms with E-state index in [1.165, 1.54) is 77.5 Å². The van der Waals surface area contributed by atoms with E-state index in [1.54, 1.807) is 0 Å². The fourth-order valence-electron chi connectivity index (χ4n) is 3.85. The zero-order chi connectivity index (χ0) is 13.5. The third-order valence-electron chi connectivity index (χ3n) is 4.90. The summed E-state index contributed by atoms with van der Waals surface area (Å²) < 4.78 is 0. The Morgan fingerprint density at radius 1 is 1.11 bits per heavy atom. The van der Waals surface area contributed by atoms with Crippen LogP contribution >= 0.6 is 0 Å². The fraction of sp³-hybridized carbons (Fsp3) is 1.00. The molecule has 2 rings (SSSR count). The van der Waals surface area contributed by atoms with Gasteiger partial charge in [0.15, 0.2) is 0 Å². The van der Waals surface area contributed by atoms with E-state index >= 15 is 0 Å². The molecule has 1 unspecified atom stereocenters. The van der Waals surface area contributed by atoms with E-state index < -0.39 is 0 Å². The van der Waals surface area contributed by atoms with Gasteiger partial charge < -0.3 is 10.2 Å². The van der Waals surface area contributed by atoms with E-state index in [0.29, 0.717) is 0 Å². The Hall–Kier alpha value is -0.0800. The summed E-state index contributed by atoms with van der Waals surface area (Å²) in [4.78, 5) is 2.74. The molecule has 2 nitrogen and oxygen atoms in total. The van der Waals surface area contributed by atoms with Crippen molar-refractivity contribution >= 4 is 0 Å². The monoisotopic (exact) mass is 266 g/mol. The van der Waals surface area contributed by atoms with Crippen molar-refractivity contribution < 1.29 is 0 Å². The van der Waals surface area contributed by atoms with Gasteiger partial charge in [-0.15, -0.1) is 0 Å². The highest BCUT2D eigenvalue weighted by atomic mass is 15.2. The lowest BCUT2D eigenvalue weighted by Gasteiger charge is -2.28. The van der Waals surface area contributed by atoms with Gasteiger partial charge in [-0.1, -0.05) is 46.0 Å². The van der Waals surface area contributed by atoms with Crippen molar-refractivity contribution in [3.05, 3.63) is 0 Å². The standard InChI is InChI=1S/C17H34N2/c1-15(2)13-17-14-19(11-6-10-18-17)12-9-16-7-4-3-5-8-16/h15-18H,3-14H2,1-2H3. The van der Waals surface area contributed by atoms with Crippen molar-refractivity contribution in [3.63, 3.8) is 0 Å². The maximum Gasteiger partial charge on any atom is 0.0197 e. The topological polar surface area (TPSA) is 15.3 Å². The Balaban J connectivity index is 1.71. The number of hydrogen-bond donors (Lipinski definition) is 1. The molecule has 0 aromatic heterocycles. The van der Waals surface area contributed by atoms with Crippen LogP contribution in [0.1, 0.15) is 65.2 Å². The first kappa shape index (κ1) is 15.3. The Labute approximate surface area is 120 Å². The summed E-state index contributed by atoms with van der Waals surface area (Å²) in [6.45, 7) is 9.86. The van der Waals surface area contributed by atoms with Gasteiger partial charge in [-0.3, -0.25) is 0 Å². The van der Waals surface area contributed by atoms with Crippen LogP contribution in [0.3, 0.4) is 0 Å². The summed E-state index contributed by atoms with van der Waals surface area (Å²) in [6.07, 6.45) is 11.6. The number of hydrogen-bond acceptors (Lipinski definition) is 2. The van der Waals surface area contributed by atoms with Crippen molar-refractivity contribution in [2.75, 3.05) is 26.2 Å². The third kappa shape index (κ3) is 5.83. The molecule has 1 N–H and O–H groups in total. The lowest BCUT2D eigenvalue weighted by Crippen LogP contribution is -2.39. The van der Waals surface area contributed by atoms with Crippen LogP contribution in [0, 0.1) is 11.8 Å². The number of rotatable bonds is 5. The van der Waals surface area contributed by atoms with Gasteiger partial charge in [0.2, 0.25) is 0 Å². The predicted molar refractivity (Wildman–Crippen MR) is 83.5 cm³/mol. The SMILES string of the molecule is CC(C)CC1CN(CCC2CCCCC2)CCCN1. The molecular formula is C17H34N2. The summed E-state index contributed by atoms with van der Waals surface area (Å²) in [5.41, 5.74) is 0. The highest BCUT2D eigenvalue weighted by Crippen LogP contribution is 2.26. The molecule has 1 saturated carbocycles. The van der Waals surface area contributed by atoms with E-state index in [-0.39, 0.29) is 0 Å². The molecule has 2 aliphatic rings. The second-order valence-corrected chi connectivity index (χ2v) is 7.23. The van der Waals surface area contributed by atoms with Crippen molar-refractivity contribution in [3.8, 4) is 0 Å². The molecule has 0 amide bonds. The summed E-state index contributed by atoms with van der Waals surface area (Å²) >= 11 is 0. The number of nitrogens with zero attached hydrogens (tertiary/aromatic N) is 1. The third-order valence-corrected chi connectivity index (χ3v) is 4.90. The summed E-state index contributed by atoms with van der Waals surface area (Å²) in [6, 6.07) is 0.730. The highest BCUT2D eigenvalue weighted by molar-refractivity contribution is 4.78. The first-order valence-electron chi connectivity index (χ1n) is 8.70. The minimum Gasteiger partial charge on any atom is -0.313 e. The van der Waals surface area contributed by atoms with Crippen LogP contribution in [0.15, 0.2) is 0 Å². The molecular weight excluding hydrogens is 232 g/mol. The van der Waals surface area contributed by atoms with Crippen LogP contribution in [0.25, 0.3) is 0 Å². The predicted octanol–water partition coefficient (Wildman–Crippen LogP) is 3.67. The molecule has 2 heteroatoms. The average Bonchev–Trinajstić information content (AvgIpc) is 2.62. The molecule has 0 aromatic rings. The van der Waals surface area contributed by atoms with Crippen LogP contribution < -0.4 is 5.32 Å². The molecule has 0 bridgehead atoms. The van der Waals surface area contributed by atoms with E-state index in [9.17, 15) is 0 Å². The van der Waals surface area contributed by atoms with Gasteiger partial charge in [-0.25, -0.2) is 0 Å². The molecule has 1 aliphatic carbocycles. The highest BCUT2D eigenvalue weighted by Gasteiger charge is 2.20. The molecule has 1 saturated heterocycles. The van der Waals surface area contributed by atoms with Gasteiger partial charge in [-0.2, -0.15) is 0 Å². The molecule has 1 atom stereocenters. The van der Waals surface area contributed by atoms with E-state index in [0.717, 1.165) is 17.9 Å². The van der Waals surface area contributed by atoms with Crippen molar-refractivity contribution in [1.29, 1.82) is 0 Å². The lowest BCUT2D eigenvalue weighted by atomic mass is 9.87. The van der Waals surface area contributed by atoms with Crippen LogP contribution in [0.5, 0.6) is 0 Å². The maximum atomic E-state index is 3.74. The first-order valence-corrected chi connectivity index (χ1v) is 8.70. The van der Waals surface area contributed by atoms with Gasteiger partial charge in [0.25, 0.3) is 0 Å². The van der Waals surface area contributed by atoms with Gasteiger partial charge in [-0.05, 0) is 50.7 Å². The van der Waals surface area contributed by atoms with Crippen molar-refractivity contribution in [2.24, 2.45) is 11.8 Å². The molecule has 2 fully saturated rings. The van der Waals surface area contributed by atoms with Crippen LogP contribution in [-0.4, -0.2) is 37.1 Å². The Kier molecular flexibility index (Phi) is 6.66. The number of nitrogens with one attached hydrogen (secondary N) is 1. The molecule has 1 aliphatic heterocycles. The molecule has 1 heterocycles. The zero-order valence-corrected chi connectivity index (χ0v) is 13.2. The van der Waals surface area contributed by atoms with Gasteiger partial charge >= 0.3 is 0 Å². The Morgan fingerprint density at radius 2 is 1.89 bits per heavy atom. The normalized spacial score (nSPS) is 27.6. The van der Waals surface area contributed by atoms with E-state index in [1.807, 2.05) is 0 Å². The smallest absolute Gasteiger partial charge is 0.0197 e. The van der Waals surface area contributed by atoms with Gasteiger partial charge in [0, 0.05) is 12.6 Å². The van der Waals surface area contributed by atoms with Crippen molar-refractivity contribution in [1.82, 2.24) is 10.2 Å². The molecule has 0 spiro atoms. The minimum atomic E-state index is 0.730. The Morgan fingerprint density at radius 3 is 2.63 bits per heavy atom. The van der Waals surface area contributed by atoms with E-state index in [4.69, 9.17) is 0 Å². The summed E-state index contributed by atoms with van der Waals surface area (Å²) in [5.74, 6) is 1.85. The molecule has 19 heavy (non-hydrogen) atoms. The largest absolute Gasteiger partial charge is 0.313 e. The first-order chi connectivity index (χ1) is 9.24. The van der Waals surface area contributed by atoms with Crippen LogP contribution in [0.2, 0.25) is 0 Å². The van der Waals surface area contributed by atoms with Crippen LogP contribution in [-0.2, 0) is 0 Å². The second-order valence-electron chi connectivity index (χ2n) is 7.23. The summed E-state index contributed by atoms with van der Waals surface area (Å²) in [5, 5.41) is 3.74. The average molecular weight is 266 g/mol. The maximum absolute atomic E-state index is 3.74. The van der Waals surface area contributed by atoms with Gasteiger partial charge in [0.1, 0.15) is 0 Å².